The standard InChI is InChI=1S/C16H27N3O/c1-3-5-12-19(4-2)13-6-7-16(20)18-15-10-8-14(17)9-11-15/h8-11H,3-7,12-13,17H2,1-2H3,(H,18,20). The fourth-order valence-corrected chi connectivity index (χ4v) is 2.06. The Bertz CT molecular complexity index is 389. The molecule has 0 aromatic heterocycles. The highest BCUT2D eigenvalue weighted by Gasteiger charge is 2.05. The molecule has 112 valence electrons. The summed E-state index contributed by atoms with van der Waals surface area (Å²) in [5.41, 5.74) is 7.12. The minimum absolute atomic E-state index is 0.0707. The van der Waals surface area contributed by atoms with Crippen molar-refractivity contribution in [1.29, 1.82) is 0 Å². The summed E-state index contributed by atoms with van der Waals surface area (Å²) in [6.07, 6.45) is 3.91. The number of unbranched alkanes of at least 4 members (excludes halogenated alkanes) is 1. The van der Waals surface area contributed by atoms with Gasteiger partial charge in [-0.1, -0.05) is 20.3 Å². The molecule has 1 rings (SSSR count). The van der Waals surface area contributed by atoms with E-state index in [1.807, 2.05) is 12.1 Å². The van der Waals surface area contributed by atoms with Gasteiger partial charge in [0, 0.05) is 17.8 Å². The second-order valence-electron chi connectivity index (χ2n) is 5.06. The van der Waals surface area contributed by atoms with Crippen LogP contribution in [0.2, 0.25) is 0 Å². The molecule has 0 atom stereocenters. The predicted molar refractivity (Wildman–Crippen MR) is 85.7 cm³/mol. The SMILES string of the molecule is CCCCN(CC)CCCC(=O)Nc1ccc(N)cc1. The molecule has 1 amide bonds. The van der Waals surface area contributed by atoms with Crippen LogP contribution in [0.3, 0.4) is 0 Å². The first-order chi connectivity index (χ1) is 9.65. The summed E-state index contributed by atoms with van der Waals surface area (Å²) >= 11 is 0. The van der Waals surface area contributed by atoms with Gasteiger partial charge >= 0.3 is 0 Å². The third kappa shape index (κ3) is 6.57. The Morgan fingerprint density at radius 1 is 1.15 bits per heavy atom. The third-order valence-electron chi connectivity index (χ3n) is 3.35. The predicted octanol–water partition coefficient (Wildman–Crippen LogP) is 3.11. The van der Waals surface area contributed by atoms with Crippen molar-refractivity contribution in [2.45, 2.75) is 39.5 Å². The Kier molecular flexibility index (Phi) is 7.73. The topological polar surface area (TPSA) is 58.4 Å². The smallest absolute Gasteiger partial charge is 0.224 e. The van der Waals surface area contributed by atoms with Gasteiger partial charge in [-0.3, -0.25) is 4.79 Å². The van der Waals surface area contributed by atoms with E-state index < -0.39 is 0 Å². The van der Waals surface area contributed by atoms with E-state index in [0.29, 0.717) is 12.1 Å². The lowest BCUT2D eigenvalue weighted by Crippen LogP contribution is -2.26. The van der Waals surface area contributed by atoms with Crippen molar-refractivity contribution in [2.24, 2.45) is 0 Å². The van der Waals surface area contributed by atoms with Crippen LogP contribution < -0.4 is 11.1 Å². The summed E-state index contributed by atoms with van der Waals surface area (Å²) in [7, 11) is 0. The van der Waals surface area contributed by atoms with Crippen molar-refractivity contribution in [3.63, 3.8) is 0 Å². The van der Waals surface area contributed by atoms with E-state index in [9.17, 15) is 4.79 Å². The third-order valence-corrected chi connectivity index (χ3v) is 3.35. The van der Waals surface area contributed by atoms with Crippen LogP contribution in [0, 0.1) is 0 Å². The number of carbonyl (C=O) groups excluding carboxylic acids is 1. The largest absolute Gasteiger partial charge is 0.399 e. The number of benzene rings is 1. The molecule has 0 aliphatic rings. The minimum atomic E-state index is 0.0707. The first-order valence-electron chi connectivity index (χ1n) is 7.53. The number of hydrogen-bond donors (Lipinski definition) is 2. The number of carbonyl (C=O) groups is 1. The Morgan fingerprint density at radius 2 is 1.80 bits per heavy atom. The fraction of sp³-hybridized carbons (Fsp3) is 0.562. The summed E-state index contributed by atoms with van der Waals surface area (Å²) in [6, 6.07) is 7.23. The molecule has 0 fully saturated rings. The van der Waals surface area contributed by atoms with E-state index in [1.54, 1.807) is 12.1 Å². The average molecular weight is 277 g/mol. The van der Waals surface area contributed by atoms with Gasteiger partial charge in [0.05, 0.1) is 0 Å². The number of hydrogen-bond acceptors (Lipinski definition) is 3. The van der Waals surface area contributed by atoms with Crippen molar-refractivity contribution in [3.8, 4) is 0 Å². The monoisotopic (exact) mass is 277 g/mol. The number of anilines is 2. The van der Waals surface area contributed by atoms with E-state index in [1.165, 1.54) is 12.8 Å². The van der Waals surface area contributed by atoms with Crippen LogP contribution in [0.1, 0.15) is 39.5 Å². The van der Waals surface area contributed by atoms with Crippen LogP contribution in [0.25, 0.3) is 0 Å². The maximum atomic E-state index is 11.8. The molecule has 4 heteroatoms. The molecule has 0 heterocycles. The highest BCUT2D eigenvalue weighted by Crippen LogP contribution is 2.11. The van der Waals surface area contributed by atoms with Gasteiger partial charge in [0.2, 0.25) is 5.91 Å². The Morgan fingerprint density at radius 3 is 2.40 bits per heavy atom. The van der Waals surface area contributed by atoms with Crippen molar-refractivity contribution in [2.75, 3.05) is 30.7 Å². The first-order valence-corrected chi connectivity index (χ1v) is 7.53. The molecule has 20 heavy (non-hydrogen) atoms. The first kappa shape index (κ1) is 16.5. The second kappa shape index (κ2) is 9.37. The maximum absolute atomic E-state index is 11.8. The summed E-state index contributed by atoms with van der Waals surface area (Å²) in [5.74, 6) is 0.0707. The normalized spacial score (nSPS) is 10.8. The number of nitrogens with one attached hydrogen (secondary N) is 1. The van der Waals surface area contributed by atoms with Gasteiger partial charge in [0.1, 0.15) is 0 Å². The number of nitrogens with two attached hydrogens (primary N) is 1. The molecule has 0 saturated heterocycles. The molecule has 4 nitrogen and oxygen atoms in total. The maximum Gasteiger partial charge on any atom is 0.224 e. The van der Waals surface area contributed by atoms with Crippen molar-refractivity contribution in [1.82, 2.24) is 4.90 Å². The molecule has 0 aliphatic carbocycles. The van der Waals surface area contributed by atoms with E-state index in [4.69, 9.17) is 5.73 Å². The van der Waals surface area contributed by atoms with Gasteiger partial charge in [-0.05, 0) is 56.7 Å². The molecule has 1 aromatic carbocycles. The summed E-state index contributed by atoms with van der Waals surface area (Å²) < 4.78 is 0. The zero-order valence-electron chi connectivity index (χ0n) is 12.7. The minimum Gasteiger partial charge on any atom is -0.399 e. The Hall–Kier alpha value is -1.55. The molecular formula is C16H27N3O. The zero-order valence-corrected chi connectivity index (χ0v) is 12.7. The zero-order chi connectivity index (χ0) is 14.8. The number of nitrogen functional groups attached to an aromatic ring is 1. The van der Waals surface area contributed by atoms with Crippen LogP contribution in [-0.4, -0.2) is 30.4 Å². The van der Waals surface area contributed by atoms with Crippen molar-refractivity contribution >= 4 is 17.3 Å². The lowest BCUT2D eigenvalue weighted by molar-refractivity contribution is -0.116. The van der Waals surface area contributed by atoms with Gasteiger partial charge in [0.25, 0.3) is 0 Å². The lowest BCUT2D eigenvalue weighted by Gasteiger charge is -2.19. The lowest BCUT2D eigenvalue weighted by atomic mass is 10.2. The Labute approximate surface area is 122 Å². The number of amides is 1. The second-order valence-corrected chi connectivity index (χ2v) is 5.06. The van der Waals surface area contributed by atoms with Crippen LogP contribution in [0.5, 0.6) is 0 Å². The molecule has 0 unspecified atom stereocenters. The van der Waals surface area contributed by atoms with Gasteiger partial charge < -0.3 is 16.0 Å². The quantitative estimate of drug-likeness (QED) is 0.682. The molecule has 1 aromatic rings. The van der Waals surface area contributed by atoms with Gasteiger partial charge in [-0.25, -0.2) is 0 Å². The average Bonchev–Trinajstić information content (AvgIpc) is 2.45. The van der Waals surface area contributed by atoms with E-state index >= 15 is 0 Å². The van der Waals surface area contributed by atoms with E-state index in [0.717, 1.165) is 31.7 Å². The molecule has 0 bridgehead atoms. The van der Waals surface area contributed by atoms with Crippen molar-refractivity contribution in [3.05, 3.63) is 24.3 Å². The van der Waals surface area contributed by atoms with E-state index in [-0.39, 0.29) is 5.91 Å². The number of nitrogens with zero attached hydrogens (tertiary/aromatic N) is 1. The summed E-state index contributed by atoms with van der Waals surface area (Å²) in [5, 5.41) is 2.89. The molecular weight excluding hydrogens is 250 g/mol. The number of rotatable bonds is 9. The molecule has 0 aliphatic heterocycles. The molecule has 3 N–H and O–H groups in total. The molecule has 0 radical (unpaired) electrons. The summed E-state index contributed by atoms with van der Waals surface area (Å²) in [6.45, 7) is 7.55. The van der Waals surface area contributed by atoms with Crippen molar-refractivity contribution < 1.29 is 4.79 Å². The van der Waals surface area contributed by atoms with Crippen LogP contribution >= 0.6 is 0 Å². The van der Waals surface area contributed by atoms with E-state index in [2.05, 4.69) is 24.1 Å². The Balaban J connectivity index is 2.23. The van der Waals surface area contributed by atoms with Crippen LogP contribution in [0.4, 0.5) is 11.4 Å². The fourth-order valence-electron chi connectivity index (χ4n) is 2.06. The van der Waals surface area contributed by atoms with Gasteiger partial charge in [0.15, 0.2) is 0 Å². The highest BCUT2D eigenvalue weighted by atomic mass is 16.1. The molecule has 0 spiro atoms. The van der Waals surface area contributed by atoms with Crippen LogP contribution in [0.15, 0.2) is 24.3 Å². The van der Waals surface area contributed by atoms with Gasteiger partial charge in [-0.2, -0.15) is 0 Å². The van der Waals surface area contributed by atoms with Gasteiger partial charge in [-0.15, -0.1) is 0 Å². The summed E-state index contributed by atoms with van der Waals surface area (Å²) in [4.78, 5) is 14.2. The highest BCUT2D eigenvalue weighted by molar-refractivity contribution is 5.90. The molecule has 0 saturated carbocycles. The van der Waals surface area contributed by atoms with Crippen LogP contribution in [-0.2, 0) is 4.79 Å².